The van der Waals surface area contributed by atoms with E-state index >= 15 is 0 Å². The van der Waals surface area contributed by atoms with Crippen LogP contribution in [0, 0.1) is 11.8 Å². The van der Waals surface area contributed by atoms with Gasteiger partial charge in [-0.05, 0) is 25.3 Å². The number of halogens is 2. The Morgan fingerprint density at radius 1 is 1.27 bits per heavy atom. The minimum Gasteiger partial charge on any atom is -0.316 e. The van der Waals surface area contributed by atoms with Crippen LogP contribution in [0.4, 0.5) is 8.78 Å². The Morgan fingerprint density at radius 3 is 2.82 bits per heavy atom. The molecule has 1 saturated heterocycles. The van der Waals surface area contributed by atoms with Crippen LogP contribution in [0.5, 0.6) is 0 Å². The molecule has 1 N–H and O–H groups in total. The van der Waals surface area contributed by atoms with E-state index in [0.717, 1.165) is 19.4 Å². The summed E-state index contributed by atoms with van der Waals surface area (Å²) in [5.41, 5.74) is 0. The third-order valence-electron chi connectivity index (χ3n) is 3.02. The molecule has 2 fully saturated rings. The number of hydrogen-bond donors (Lipinski definition) is 1. The highest BCUT2D eigenvalue weighted by Crippen LogP contribution is 2.46. The van der Waals surface area contributed by atoms with E-state index in [9.17, 15) is 8.78 Å². The third-order valence-corrected chi connectivity index (χ3v) is 3.02. The van der Waals surface area contributed by atoms with Crippen LogP contribution in [0.25, 0.3) is 0 Å². The molecule has 0 spiro atoms. The highest BCUT2D eigenvalue weighted by Gasteiger charge is 2.50. The summed E-state index contributed by atoms with van der Waals surface area (Å²) in [6.07, 6.45) is 1.80. The topological polar surface area (TPSA) is 12.0 Å². The van der Waals surface area contributed by atoms with E-state index < -0.39 is 5.92 Å². The molecule has 1 saturated carbocycles. The minimum absolute atomic E-state index is 0.115. The molecule has 1 nitrogen and oxygen atoms in total. The Balaban J connectivity index is 2.10. The van der Waals surface area contributed by atoms with Crippen LogP contribution in [0.3, 0.4) is 0 Å². The molecule has 1 aliphatic carbocycles. The maximum atomic E-state index is 13.0. The molecule has 0 aromatic rings. The van der Waals surface area contributed by atoms with Crippen molar-refractivity contribution in [3.05, 3.63) is 0 Å². The summed E-state index contributed by atoms with van der Waals surface area (Å²) >= 11 is 0. The molecule has 3 heteroatoms. The van der Waals surface area contributed by atoms with Crippen LogP contribution in [0.2, 0.25) is 0 Å². The van der Waals surface area contributed by atoms with Gasteiger partial charge < -0.3 is 5.32 Å². The third kappa shape index (κ3) is 1.15. The van der Waals surface area contributed by atoms with Crippen molar-refractivity contribution in [1.29, 1.82) is 0 Å². The standard InChI is InChI=1S/C8H13F2N/c9-8(10)3-1-6-2-4-11-5-7(6)8/h6-7,11H,1-5H2/t6-,7+/m0/s1. The summed E-state index contributed by atoms with van der Waals surface area (Å²) in [6, 6.07) is 0. The second kappa shape index (κ2) is 2.41. The lowest BCUT2D eigenvalue weighted by atomic mass is 9.88. The Labute approximate surface area is 65.2 Å². The number of alkyl halides is 2. The normalized spacial score (nSPS) is 42.0. The predicted molar refractivity (Wildman–Crippen MR) is 38.6 cm³/mol. The van der Waals surface area contributed by atoms with Gasteiger partial charge in [0.1, 0.15) is 0 Å². The van der Waals surface area contributed by atoms with Crippen LogP contribution < -0.4 is 5.32 Å². The van der Waals surface area contributed by atoms with Gasteiger partial charge in [-0.3, -0.25) is 0 Å². The highest BCUT2D eigenvalue weighted by molar-refractivity contribution is 4.94. The number of fused-ring (bicyclic) bond motifs is 1. The molecular weight excluding hydrogens is 148 g/mol. The van der Waals surface area contributed by atoms with Gasteiger partial charge in [0.25, 0.3) is 5.92 Å². The van der Waals surface area contributed by atoms with Gasteiger partial charge in [0.05, 0.1) is 0 Å². The van der Waals surface area contributed by atoms with Crippen molar-refractivity contribution in [2.75, 3.05) is 13.1 Å². The summed E-state index contributed by atoms with van der Waals surface area (Å²) in [6.45, 7) is 1.45. The van der Waals surface area contributed by atoms with Crippen molar-refractivity contribution in [2.24, 2.45) is 11.8 Å². The number of nitrogens with one attached hydrogen (secondary N) is 1. The van der Waals surface area contributed by atoms with Crippen molar-refractivity contribution in [1.82, 2.24) is 5.32 Å². The zero-order valence-corrected chi connectivity index (χ0v) is 6.45. The average Bonchev–Trinajstić information content (AvgIpc) is 2.29. The monoisotopic (exact) mass is 161 g/mol. The first kappa shape index (κ1) is 7.47. The SMILES string of the molecule is FC1(F)CC[C@H]2CCNC[C@H]21. The van der Waals surface area contributed by atoms with Gasteiger partial charge in [-0.25, -0.2) is 8.78 Å². The fourth-order valence-corrected chi connectivity index (χ4v) is 2.32. The second-order valence-electron chi connectivity index (χ2n) is 3.66. The lowest BCUT2D eigenvalue weighted by Gasteiger charge is -2.29. The van der Waals surface area contributed by atoms with Crippen LogP contribution in [-0.4, -0.2) is 19.0 Å². The summed E-state index contributed by atoms with van der Waals surface area (Å²) in [4.78, 5) is 0. The average molecular weight is 161 g/mol. The zero-order chi connectivity index (χ0) is 7.90. The summed E-state index contributed by atoms with van der Waals surface area (Å²) in [5, 5.41) is 3.03. The van der Waals surface area contributed by atoms with E-state index in [4.69, 9.17) is 0 Å². The van der Waals surface area contributed by atoms with Crippen molar-refractivity contribution in [3.8, 4) is 0 Å². The summed E-state index contributed by atoms with van der Waals surface area (Å²) in [7, 11) is 0. The van der Waals surface area contributed by atoms with Crippen molar-refractivity contribution >= 4 is 0 Å². The van der Waals surface area contributed by atoms with Gasteiger partial charge >= 0.3 is 0 Å². The first-order valence-electron chi connectivity index (χ1n) is 4.29. The Morgan fingerprint density at radius 2 is 2.09 bits per heavy atom. The van der Waals surface area contributed by atoms with Gasteiger partial charge in [-0.1, -0.05) is 0 Å². The maximum Gasteiger partial charge on any atom is 0.252 e. The lowest BCUT2D eigenvalue weighted by Crippen LogP contribution is -2.41. The van der Waals surface area contributed by atoms with Gasteiger partial charge in [-0.2, -0.15) is 0 Å². The first-order chi connectivity index (χ1) is 5.20. The van der Waals surface area contributed by atoms with Crippen molar-refractivity contribution < 1.29 is 8.78 Å². The van der Waals surface area contributed by atoms with Crippen LogP contribution in [0.1, 0.15) is 19.3 Å². The molecule has 0 aromatic carbocycles. The summed E-state index contributed by atoms with van der Waals surface area (Å²) in [5.74, 6) is -2.44. The molecule has 1 heterocycles. The number of piperidine rings is 1. The smallest absolute Gasteiger partial charge is 0.252 e. The van der Waals surface area contributed by atoms with Crippen LogP contribution >= 0.6 is 0 Å². The molecule has 64 valence electrons. The van der Waals surface area contributed by atoms with Crippen molar-refractivity contribution in [2.45, 2.75) is 25.2 Å². The number of rotatable bonds is 0. The van der Waals surface area contributed by atoms with Gasteiger partial charge in [0.2, 0.25) is 0 Å². The Hall–Kier alpha value is -0.180. The van der Waals surface area contributed by atoms with E-state index in [1.807, 2.05) is 0 Å². The molecule has 2 atom stereocenters. The molecule has 11 heavy (non-hydrogen) atoms. The second-order valence-corrected chi connectivity index (χ2v) is 3.66. The molecule has 2 rings (SSSR count). The molecular formula is C8H13F2N. The highest BCUT2D eigenvalue weighted by atomic mass is 19.3. The molecule has 0 unspecified atom stereocenters. The molecule has 0 radical (unpaired) electrons. The van der Waals surface area contributed by atoms with E-state index in [1.54, 1.807) is 0 Å². The fourth-order valence-electron chi connectivity index (χ4n) is 2.32. The summed E-state index contributed by atoms with van der Waals surface area (Å²) < 4.78 is 26.1. The van der Waals surface area contributed by atoms with E-state index in [-0.39, 0.29) is 12.3 Å². The number of hydrogen-bond acceptors (Lipinski definition) is 1. The Kier molecular flexibility index (Phi) is 1.63. The quantitative estimate of drug-likeness (QED) is 0.569. The molecule has 2 aliphatic rings. The van der Waals surface area contributed by atoms with E-state index in [1.165, 1.54) is 0 Å². The first-order valence-corrected chi connectivity index (χ1v) is 4.29. The fraction of sp³-hybridized carbons (Fsp3) is 1.00. The predicted octanol–water partition coefficient (Wildman–Crippen LogP) is 1.64. The minimum atomic E-state index is -2.38. The van der Waals surface area contributed by atoms with Gasteiger partial charge in [0, 0.05) is 18.9 Å². The maximum absolute atomic E-state index is 13.0. The van der Waals surface area contributed by atoms with Crippen LogP contribution in [-0.2, 0) is 0 Å². The lowest BCUT2D eigenvalue weighted by molar-refractivity contribution is -0.0502. The molecule has 0 amide bonds. The van der Waals surface area contributed by atoms with E-state index in [2.05, 4.69) is 5.32 Å². The Bertz CT molecular complexity index is 158. The van der Waals surface area contributed by atoms with Gasteiger partial charge in [-0.15, -0.1) is 0 Å². The zero-order valence-electron chi connectivity index (χ0n) is 6.45. The van der Waals surface area contributed by atoms with Gasteiger partial charge in [0.15, 0.2) is 0 Å². The largest absolute Gasteiger partial charge is 0.316 e. The van der Waals surface area contributed by atoms with E-state index in [0.29, 0.717) is 12.5 Å². The molecule has 0 bridgehead atoms. The van der Waals surface area contributed by atoms with Crippen LogP contribution in [0.15, 0.2) is 0 Å². The molecule has 1 aliphatic heterocycles. The molecule has 0 aromatic heterocycles. The van der Waals surface area contributed by atoms with Crippen molar-refractivity contribution in [3.63, 3.8) is 0 Å².